The third-order valence-electron chi connectivity index (χ3n) is 5.31. The van der Waals surface area contributed by atoms with Gasteiger partial charge in [0, 0.05) is 57.0 Å². The van der Waals surface area contributed by atoms with Crippen molar-refractivity contribution in [2.24, 2.45) is 0 Å². The van der Waals surface area contributed by atoms with Gasteiger partial charge in [0.1, 0.15) is 17.2 Å². The summed E-state index contributed by atoms with van der Waals surface area (Å²) in [7, 11) is 0. The van der Waals surface area contributed by atoms with E-state index in [0.29, 0.717) is 5.65 Å². The molecule has 4 heterocycles. The predicted molar refractivity (Wildman–Crippen MR) is 119 cm³/mol. The summed E-state index contributed by atoms with van der Waals surface area (Å²) in [5.41, 5.74) is 3.75. The first-order valence-corrected chi connectivity index (χ1v) is 10.2. The third kappa shape index (κ3) is 4.21. The second kappa shape index (κ2) is 8.42. The van der Waals surface area contributed by atoms with E-state index in [9.17, 15) is 0 Å². The summed E-state index contributed by atoms with van der Waals surface area (Å²) in [5, 5.41) is 3.34. The fourth-order valence-electron chi connectivity index (χ4n) is 3.70. The second-order valence-electron chi connectivity index (χ2n) is 7.37. The van der Waals surface area contributed by atoms with E-state index in [1.54, 1.807) is 12.4 Å². The Labute approximate surface area is 175 Å². The number of piperazine rings is 1. The average molecular weight is 397 g/mol. The molecule has 0 spiro atoms. The van der Waals surface area contributed by atoms with Crippen LogP contribution in [0.2, 0.25) is 0 Å². The van der Waals surface area contributed by atoms with Crippen LogP contribution in [0.5, 0.6) is 0 Å². The highest BCUT2D eigenvalue weighted by Gasteiger charge is 2.17. The second-order valence-corrected chi connectivity index (χ2v) is 7.37. The van der Waals surface area contributed by atoms with Crippen molar-refractivity contribution in [1.29, 1.82) is 0 Å². The van der Waals surface area contributed by atoms with Crippen LogP contribution in [0.4, 0.5) is 17.3 Å². The Morgan fingerprint density at radius 1 is 0.767 bits per heavy atom. The number of hydrogen-bond acceptors (Lipinski definition) is 7. The molecule has 4 aromatic rings. The topological polar surface area (TPSA) is 70.1 Å². The third-order valence-corrected chi connectivity index (χ3v) is 5.31. The van der Waals surface area contributed by atoms with Gasteiger partial charge in [0.25, 0.3) is 0 Å². The van der Waals surface area contributed by atoms with Crippen LogP contribution in [-0.4, -0.2) is 51.0 Å². The average Bonchev–Trinajstić information content (AvgIpc) is 2.81. The predicted octanol–water partition coefficient (Wildman–Crippen LogP) is 3.49. The van der Waals surface area contributed by atoms with Crippen LogP contribution in [0.15, 0.2) is 73.2 Å². The van der Waals surface area contributed by atoms with Crippen LogP contribution in [0.1, 0.15) is 5.56 Å². The largest absolute Gasteiger partial charge is 0.354 e. The van der Waals surface area contributed by atoms with Crippen LogP contribution >= 0.6 is 0 Å². The molecule has 0 saturated carbocycles. The number of nitrogens with one attached hydrogen (secondary N) is 1. The lowest BCUT2D eigenvalue weighted by Crippen LogP contribution is -2.46. The molecule has 150 valence electrons. The number of rotatable bonds is 5. The molecule has 0 amide bonds. The van der Waals surface area contributed by atoms with Gasteiger partial charge < -0.3 is 10.2 Å². The lowest BCUT2D eigenvalue weighted by atomic mass is 10.1. The lowest BCUT2D eigenvalue weighted by molar-refractivity contribution is 0.249. The smallest absolute Gasteiger partial charge is 0.180 e. The Balaban J connectivity index is 1.17. The molecule has 1 aliphatic heterocycles. The summed E-state index contributed by atoms with van der Waals surface area (Å²) in [6, 6.07) is 18.5. The summed E-state index contributed by atoms with van der Waals surface area (Å²) >= 11 is 0. The van der Waals surface area contributed by atoms with Crippen LogP contribution < -0.4 is 10.2 Å². The van der Waals surface area contributed by atoms with Gasteiger partial charge >= 0.3 is 0 Å². The highest BCUT2D eigenvalue weighted by atomic mass is 15.3. The zero-order valence-corrected chi connectivity index (χ0v) is 16.6. The van der Waals surface area contributed by atoms with Gasteiger partial charge in [-0.2, -0.15) is 0 Å². The van der Waals surface area contributed by atoms with Gasteiger partial charge in [0.15, 0.2) is 5.65 Å². The molecular weight excluding hydrogens is 374 g/mol. The van der Waals surface area contributed by atoms with E-state index in [1.165, 1.54) is 5.56 Å². The van der Waals surface area contributed by atoms with E-state index in [2.05, 4.69) is 65.4 Å². The number of benzene rings is 1. The van der Waals surface area contributed by atoms with Gasteiger partial charge in [-0.1, -0.05) is 18.2 Å². The molecule has 1 fully saturated rings. The van der Waals surface area contributed by atoms with Crippen LogP contribution in [0, 0.1) is 0 Å². The molecule has 0 atom stereocenters. The van der Waals surface area contributed by atoms with Crippen molar-refractivity contribution in [3.63, 3.8) is 0 Å². The Kier molecular flexibility index (Phi) is 5.18. The van der Waals surface area contributed by atoms with Gasteiger partial charge in [0.2, 0.25) is 0 Å². The van der Waals surface area contributed by atoms with E-state index >= 15 is 0 Å². The number of pyridine rings is 2. The molecule has 0 unspecified atom stereocenters. The van der Waals surface area contributed by atoms with E-state index in [0.717, 1.165) is 55.6 Å². The highest BCUT2D eigenvalue weighted by Crippen LogP contribution is 2.19. The number of nitrogens with zero attached hydrogens (tertiary/aromatic N) is 6. The molecule has 0 bridgehead atoms. The Hall–Kier alpha value is -3.58. The Bertz CT molecular complexity index is 1110. The van der Waals surface area contributed by atoms with Gasteiger partial charge in [0.05, 0.1) is 0 Å². The fourth-order valence-corrected chi connectivity index (χ4v) is 3.70. The van der Waals surface area contributed by atoms with E-state index in [4.69, 9.17) is 0 Å². The maximum absolute atomic E-state index is 4.52. The Morgan fingerprint density at radius 2 is 1.60 bits per heavy atom. The number of fused-ring (bicyclic) bond motifs is 1. The SMILES string of the molecule is c1ccc(N2CCN(Cc3ccc(Nc4ccc5nccnc5n4)cc3)CC2)nc1. The monoisotopic (exact) mass is 397 g/mol. The maximum Gasteiger partial charge on any atom is 0.180 e. The standard InChI is InChI=1S/C23H23N7/c1-2-10-25-22(3-1)30-15-13-29(14-16-30)17-18-4-6-19(7-5-18)27-21-9-8-20-23(28-21)26-12-11-24-20/h1-12H,13-17H2,(H,26,27,28). The first-order chi connectivity index (χ1) is 14.8. The molecule has 1 saturated heterocycles. The van der Waals surface area contributed by atoms with Crippen molar-refractivity contribution >= 4 is 28.5 Å². The number of aromatic nitrogens is 4. The first-order valence-electron chi connectivity index (χ1n) is 10.2. The van der Waals surface area contributed by atoms with Gasteiger partial charge in [-0.05, 0) is 42.0 Å². The van der Waals surface area contributed by atoms with Crippen molar-refractivity contribution in [2.75, 3.05) is 36.4 Å². The lowest BCUT2D eigenvalue weighted by Gasteiger charge is -2.35. The van der Waals surface area contributed by atoms with Crippen molar-refractivity contribution in [3.8, 4) is 0 Å². The zero-order valence-electron chi connectivity index (χ0n) is 16.6. The molecular formula is C23H23N7. The maximum atomic E-state index is 4.52. The summed E-state index contributed by atoms with van der Waals surface area (Å²) in [6.07, 6.45) is 5.19. The minimum absolute atomic E-state index is 0.643. The van der Waals surface area contributed by atoms with E-state index < -0.39 is 0 Å². The van der Waals surface area contributed by atoms with Gasteiger partial charge in [-0.25, -0.2) is 15.0 Å². The molecule has 1 aliphatic rings. The molecule has 1 N–H and O–H groups in total. The summed E-state index contributed by atoms with van der Waals surface area (Å²) in [4.78, 5) is 22.3. The first kappa shape index (κ1) is 18.4. The Morgan fingerprint density at radius 3 is 2.40 bits per heavy atom. The van der Waals surface area contributed by atoms with Crippen LogP contribution in [0.25, 0.3) is 11.2 Å². The van der Waals surface area contributed by atoms with Gasteiger partial charge in [-0.3, -0.25) is 9.88 Å². The molecule has 0 radical (unpaired) electrons. The quantitative estimate of drug-likeness (QED) is 0.553. The van der Waals surface area contributed by atoms with E-state index in [1.807, 2.05) is 30.5 Å². The van der Waals surface area contributed by atoms with Crippen LogP contribution in [0.3, 0.4) is 0 Å². The number of hydrogen-bond donors (Lipinski definition) is 1. The summed E-state index contributed by atoms with van der Waals surface area (Å²) < 4.78 is 0. The molecule has 5 rings (SSSR count). The minimum Gasteiger partial charge on any atom is -0.354 e. The molecule has 1 aromatic carbocycles. The van der Waals surface area contributed by atoms with E-state index in [-0.39, 0.29) is 0 Å². The van der Waals surface area contributed by atoms with Crippen LogP contribution in [-0.2, 0) is 6.54 Å². The summed E-state index contributed by atoms with van der Waals surface area (Å²) in [6.45, 7) is 5.05. The van der Waals surface area contributed by atoms with Crippen molar-refractivity contribution in [2.45, 2.75) is 6.54 Å². The van der Waals surface area contributed by atoms with Crippen molar-refractivity contribution in [3.05, 3.63) is 78.8 Å². The van der Waals surface area contributed by atoms with Crippen molar-refractivity contribution < 1.29 is 0 Å². The summed E-state index contributed by atoms with van der Waals surface area (Å²) in [5.74, 6) is 1.84. The molecule has 30 heavy (non-hydrogen) atoms. The molecule has 0 aliphatic carbocycles. The molecule has 7 heteroatoms. The zero-order chi connectivity index (χ0) is 20.2. The minimum atomic E-state index is 0.643. The van der Waals surface area contributed by atoms with Gasteiger partial charge in [-0.15, -0.1) is 0 Å². The molecule has 3 aromatic heterocycles. The molecule has 7 nitrogen and oxygen atoms in total. The normalized spacial score (nSPS) is 14.7. The van der Waals surface area contributed by atoms with Crippen molar-refractivity contribution in [1.82, 2.24) is 24.8 Å². The highest BCUT2D eigenvalue weighted by molar-refractivity contribution is 5.72. The number of anilines is 3. The fraction of sp³-hybridized carbons (Fsp3) is 0.217.